The predicted molar refractivity (Wildman–Crippen MR) is 118 cm³/mol. The van der Waals surface area contributed by atoms with Gasteiger partial charge in [-0.3, -0.25) is 4.79 Å². The SMILES string of the molecule is C[C@@H]1CN(S(=O)(=O)c2cc(C(=O)N3CCc4sccc4[C@H]3C)ccc2Cl)C[C@@H](C)O1. The first-order valence-electron chi connectivity index (χ1n) is 10.0. The molecule has 0 aliphatic carbocycles. The zero-order chi connectivity index (χ0) is 21.6. The van der Waals surface area contributed by atoms with Crippen LogP contribution < -0.4 is 0 Å². The van der Waals surface area contributed by atoms with Gasteiger partial charge in [0.15, 0.2) is 0 Å². The number of fused-ring (bicyclic) bond motifs is 1. The van der Waals surface area contributed by atoms with Crippen molar-refractivity contribution >= 4 is 38.9 Å². The van der Waals surface area contributed by atoms with Gasteiger partial charge in [-0.25, -0.2) is 8.42 Å². The predicted octanol–water partition coefficient (Wildman–Crippen LogP) is 3.96. The van der Waals surface area contributed by atoms with Crippen molar-refractivity contribution in [3.05, 3.63) is 50.7 Å². The first kappa shape index (κ1) is 21.8. The van der Waals surface area contributed by atoms with Crippen molar-refractivity contribution < 1.29 is 17.9 Å². The molecule has 30 heavy (non-hydrogen) atoms. The summed E-state index contributed by atoms with van der Waals surface area (Å²) in [5.74, 6) is -0.184. The Morgan fingerprint density at radius 3 is 2.57 bits per heavy atom. The number of benzene rings is 1. The molecule has 3 atom stereocenters. The lowest BCUT2D eigenvalue weighted by atomic mass is 10.0. The Balaban J connectivity index is 1.64. The van der Waals surface area contributed by atoms with E-state index in [0.29, 0.717) is 12.1 Å². The summed E-state index contributed by atoms with van der Waals surface area (Å²) in [5, 5.41) is 2.16. The number of morpholine rings is 1. The van der Waals surface area contributed by atoms with Gasteiger partial charge in [0.25, 0.3) is 5.91 Å². The molecule has 0 N–H and O–H groups in total. The number of nitrogens with zero attached hydrogens (tertiary/aromatic N) is 2. The van der Waals surface area contributed by atoms with Crippen LogP contribution in [0.15, 0.2) is 34.5 Å². The van der Waals surface area contributed by atoms with Gasteiger partial charge in [-0.1, -0.05) is 11.6 Å². The van der Waals surface area contributed by atoms with Gasteiger partial charge in [-0.05, 0) is 62.4 Å². The van der Waals surface area contributed by atoms with Gasteiger partial charge in [-0.2, -0.15) is 4.31 Å². The summed E-state index contributed by atoms with van der Waals surface area (Å²) in [5.41, 5.74) is 1.50. The molecule has 1 fully saturated rings. The van der Waals surface area contributed by atoms with Gasteiger partial charge in [0, 0.05) is 30.1 Å². The van der Waals surface area contributed by atoms with Crippen LogP contribution in [0.5, 0.6) is 0 Å². The average molecular weight is 469 g/mol. The molecule has 2 aliphatic rings. The summed E-state index contributed by atoms with van der Waals surface area (Å²) >= 11 is 8.00. The highest BCUT2D eigenvalue weighted by Gasteiger charge is 2.35. The summed E-state index contributed by atoms with van der Waals surface area (Å²) in [6.07, 6.45) is 0.396. The highest BCUT2D eigenvalue weighted by molar-refractivity contribution is 7.89. The monoisotopic (exact) mass is 468 g/mol. The Bertz CT molecular complexity index is 1060. The summed E-state index contributed by atoms with van der Waals surface area (Å²) in [6.45, 7) is 6.81. The van der Waals surface area contributed by atoms with Crippen molar-refractivity contribution in [2.75, 3.05) is 19.6 Å². The summed E-state index contributed by atoms with van der Waals surface area (Å²) in [7, 11) is -3.85. The highest BCUT2D eigenvalue weighted by Crippen LogP contribution is 2.35. The van der Waals surface area contributed by atoms with Crippen molar-refractivity contribution in [1.82, 2.24) is 9.21 Å². The maximum Gasteiger partial charge on any atom is 0.254 e. The Labute approximate surface area is 186 Å². The molecule has 1 aromatic heterocycles. The molecule has 2 aliphatic heterocycles. The normalized spacial score (nSPS) is 25.2. The van der Waals surface area contributed by atoms with E-state index in [1.807, 2.05) is 26.2 Å². The largest absolute Gasteiger partial charge is 0.373 e. The van der Waals surface area contributed by atoms with Crippen LogP contribution in [0.25, 0.3) is 0 Å². The topological polar surface area (TPSA) is 66.9 Å². The number of amides is 1. The Hall–Kier alpha value is -1.45. The van der Waals surface area contributed by atoms with Crippen LogP contribution in [0.3, 0.4) is 0 Å². The fourth-order valence-electron chi connectivity index (χ4n) is 4.25. The number of thiophene rings is 1. The number of carbonyl (C=O) groups is 1. The summed E-state index contributed by atoms with van der Waals surface area (Å²) < 4.78 is 33.7. The number of rotatable bonds is 3. The van der Waals surface area contributed by atoms with Gasteiger partial charge < -0.3 is 9.64 Å². The molecule has 0 spiro atoms. The minimum atomic E-state index is -3.85. The van der Waals surface area contributed by atoms with Gasteiger partial charge in [0.05, 0.1) is 23.3 Å². The fraction of sp³-hybridized carbons (Fsp3) is 0.476. The molecule has 0 unspecified atom stereocenters. The third-order valence-electron chi connectivity index (χ3n) is 5.72. The van der Waals surface area contributed by atoms with Crippen LogP contribution in [0.1, 0.15) is 47.6 Å². The number of ether oxygens (including phenoxy) is 1. The zero-order valence-corrected chi connectivity index (χ0v) is 19.6. The Kier molecular flexibility index (Phi) is 5.98. The van der Waals surface area contributed by atoms with Gasteiger partial charge in [0.1, 0.15) is 4.90 Å². The van der Waals surface area contributed by atoms with Crippen molar-refractivity contribution in [2.45, 2.75) is 50.3 Å². The molecule has 3 heterocycles. The van der Waals surface area contributed by atoms with Crippen molar-refractivity contribution in [3.63, 3.8) is 0 Å². The van der Waals surface area contributed by atoms with Gasteiger partial charge in [0.2, 0.25) is 10.0 Å². The van der Waals surface area contributed by atoms with Crippen molar-refractivity contribution in [2.24, 2.45) is 0 Å². The maximum absolute atomic E-state index is 13.3. The minimum Gasteiger partial charge on any atom is -0.373 e. The summed E-state index contributed by atoms with van der Waals surface area (Å²) in [4.78, 5) is 16.3. The molecule has 2 aromatic rings. The number of sulfonamides is 1. The number of halogens is 1. The van der Waals surface area contributed by atoms with Crippen molar-refractivity contribution in [1.29, 1.82) is 0 Å². The standard InChI is InChI=1S/C21H25ClN2O4S2/c1-13-11-23(12-14(2)28-13)30(26,27)20-10-16(4-5-18(20)22)21(25)24-8-6-19-17(15(24)3)7-9-29-19/h4-5,7,9-10,13-15H,6,8,11-12H2,1-3H3/t13-,14-,15-/m1/s1. The summed E-state index contributed by atoms with van der Waals surface area (Å²) in [6, 6.07) is 6.52. The molecule has 6 nitrogen and oxygen atoms in total. The first-order valence-corrected chi connectivity index (χ1v) is 12.7. The van der Waals surface area contributed by atoms with Crippen LogP contribution in [0.4, 0.5) is 0 Å². The lowest BCUT2D eigenvalue weighted by Crippen LogP contribution is -2.48. The highest BCUT2D eigenvalue weighted by atomic mass is 35.5. The number of hydrogen-bond acceptors (Lipinski definition) is 5. The number of hydrogen-bond donors (Lipinski definition) is 0. The van der Waals surface area contributed by atoms with E-state index < -0.39 is 10.0 Å². The average Bonchev–Trinajstić information content (AvgIpc) is 3.17. The van der Waals surface area contributed by atoms with E-state index in [1.165, 1.54) is 21.3 Å². The molecule has 0 saturated carbocycles. The second-order valence-corrected chi connectivity index (χ2v) is 11.3. The molecule has 0 radical (unpaired) electrons. The fourth-order valence-corrected chi connectivity index (χ4v) is 7.31. The van der Waals surface area contributed by atoms with Crippen LogP contribution in [-0.2, 0) is 21.2 Å². The van der Waals surface area contributed by atoms with E-state index in [-0.39, 0.29) is 47.2 Å². The third-order valence-corrected chi connectivity index (χ3v) is 9.03. The maximum atomic E-state index is 13.3. The molecule has 1 amide bonds. The second-order valence-electron chi connectivity index (χ2n) is 7.95. The second kappa shape index (κ2) is 8.24. The van der Waals surface area contributed by atoms with Crippen molar-refractivity contribution in [3.8, 4) is 0 Å². The van der Waals surface area contributed by atoms with Gasteiger partial charge >= 0.3 is 0 Å². The lowest BCUT2D eigenvalue weighted by molar-refractivity contribution is -0.0440. The minimum absolute atomic E-state index is 0.0304. The zero-order valence-electron chi connectivity index (χ0n) is 17.2. The number of carbonyl (C=O) groups excluding carboxylic acids is 1. The first-order chi connectivity index (χ1) is 14.2. The van der Waals surface area contributed by atoms with E-state index in [4.69, 9.17) is 16.3 Å². The molecule has 9 heteroatoms. The molecule has 0 bridgehead atoms. The quantitative estimate of drug-likeness (QED) is 0.683. The van der Waals surface area contributed by atoms with E-state index in [1.54, 1.807) is 22.3 Å². The molecule has 4 rings (SSSR count). The van der Waals surface area contributed by atoms with E-state index >= 15 is 0 Å². The molecule has 1 saturated heterocycles. The van der Waals surface area contributed by atoms with E-state index in [9.17, 15) is 13.2 Å². The molecule has 162 valence electrons. The molecular weight excluding hydrogens is 444 g/mol. The smallest absolute Gasteiger partial charge is 0.254 e. The molecule has 1 aromatic carbocycles. The Morgan fingerprint density at radius 2 is 1.87 bits per heavy atom. The van der Waals surface area contributed by atoms with Crippen LogP contribution >= 0.6 is 22.9 Å². The van der Waals surface area contributed by atoms with Crippen LogP contribution in [0, 0.1) is 0 Å². The molecular formula is C21H25ClN2O4S2. The third kappa shape index (κ3) is 3.91. The van der Waals surface area contributed by atoms with Crippen LogP contribution in [0.2, 0.25) is 5.02 Å². The van der Waals surface area contributed by atoms with Gasteiger partial charge in [-0.15, -0.1) is 11.3 Å². The van der Waals surface area contributed by atoms with Crippen LogP contribution in [-0.4, -0.2) is 55.4 Å². The lowest BCUT2D eigenvalue weighted by Gasteiger charge is -2.35. The van der Waals surface area contributed by atoms with E-state index in [2.05, 4.69) is 6.07 Å². The Morgan fingerprint density at radius 1 is 1.17 bits per heavy atom. The van der Waals surface area contributed by atoms with E-state index in [0.717, 1.165) is 12.0 Å².